The van der Waals surface area contributed by atoms with Gasteiger partial charge in [0.15, 0.2) is 0 Å². The van der Waals surface area contributed by atoms with E-state index in [1.807, 2.05) is 30.3 Å². The van der Waals surface area contributed by atoms with Crippen molar-refractivity contribution in [1.29, 1.82) is 0 Å². The maximum absolute atomic E-state index is 11.7. The smallest absolute Gasteiger partial charge is 0.346 e. The minimum atomic E-state index is -0.113. The third-order valence-corrected chi connectivity index (χ3v) is 1.99. The fraction of sp³-hybridized carbons (Fsp3) is 0. The van der Waals surface area contributed by atoms with Crippen LogP contribution < -0.4 is 5.32 Å². The van der Waals surface area contributed by atoms with E-state index in [0.29, 0.717) is 11.3 Å². The number of carbonyl (C=O) groups excluding carboxylic acids is 1. The normalized spacial score (nSPS) is 9.00. The summed E-state index contributed by atoms with van der Waals surface area (Å²) in [6.07, 6.45) is 0. The van der Waals surface area contributed by atoms with Crippen LogP contribution in [0.4, 0.5) is 5.69 Å². The standard InChI is InChI=1S/C13H10NO.W/c15-13(11-7-3-1-4-8-11)14-12-9-5-2-6-10-12;/h1-9H,(H,14,15);/q-1;+2. The summed E-state index contributed by atoms with van der Waals surface area (Å²) in [5.74, 6) is -0.113. The Morgan fingerprint density at radius 2 is 1.69 bits per heavy atom. The molecule has 0 saturated heterocycles. The van der Waals surface area contributed by atoms with Gasteiger partial charge in [-0.1, -0.05) is 23.9 Å². The maximum Gasteiger partial charge on any atom is 2.00 e. The van der Waals surface area contributed by atoms with Gasteiger partial charge in [0.2, 0.25) is 0 Å². The summed E-state index contributed by atoms with van der Waals surface area (Å²) in [4.78, 5) is 11.7. The molecule has 0 bridgehead atoms. The van der Waals surface area contributed by atoms with Gasteiger partial charge in [-0.25, -0.2) is 0 Å². The minimum absolute atomic E-state index is 0. The molecule has 1 N–H and O–H groups in total. The van der Waals surface area contributed by atoms with Gasteiger partial charge < -0.3 is 5.32 Å². The largest absolute Gasteiger partial charge is 2.00 e. The minimum Gasteiger partial charge on any atom is -0.346 e. The fourth-order valence-electron chi connectivity index (χ4n) is 1.26. The average Bonchev–Trinajstić information content (AvgIpc) is 2.31. The third kappa shape index (κ3) is 3.32. The van der Waals surface area contributed by atoms with Crippen LogP contribution in [0.3, 0.4) is 0 Å². The first-order valence-corrected chi connectivity index (χ1v) is 4.69. The quantitative estimate of drug-likeness (QED) is 0.798. The van der Waals surface area contributed by atoms with Crippen molar-refractivity contribution in [2.75, 3.05) is 5.32 Å². The molecule has 0 aliphatic rings. The molecule has 0 spiro atoms. The van der Waals surface area contributed by atoms with Crippen molar-refractivity contribution in [3.63, 3.8) is 0 Å². The van der Waals surface area contributed by atoms with Crippen LogP contribution in [-0.4, -0.2) is 5.91 Å². The summed E-state index contributed by atoms with van der Waals surface area (Å²) in [5.41, 5.74) is 1.33. The Hall–Kier alpha value is -1.40. The molecule has 0 atom stereocenters. The molecule has 0 aliphatic carbocycles. The number of nitrogens with one attached hydrogen (secondary N) is 1. The van der Waals surface area contributed by atoms with E-state index in [2.05, 4.69) is 11.4 Å². The van der Waals surface area contributed by atoms with Gasteiger partial charge in [-0.2, -0.15) is 24.3 Å². The number of amides is 1. The van der Waals surface area contributed by atoms with Gasteiger partial charge in [-0.15, -0.1) is 6.07 Å². The third-order valence-electron chi connectivity index (χ3n) is 1.99. The van der Waals surface area contributed by atoms with Crippen LogP contribution in [0.15, 0.2) is 54.6 Å². The van der Waals surface area contributed by atoms with E-state index in [-0.39, 0.29) is 27.0 Å². The van der Waals surface area contributed by atoms with E-state index in [0.717, 1.165) is 0 Å². The number of para-hydroxylation sites is 1. The molecular formula is C13H10NOW+. The van der Waals surface area contributed by atoms with Crippen molar-refractivity contribution < 1.29 is 25.9 Å². The predicted molar refractivity (Wildman–Crippen MR) is 59.7 cm³/mol. The first-order valence-electron chi connectivity index (χ1n) is 4.69. The second-order valence-electron chi connectivity index (χ2n) is 3.10. The Kier molecular flexibility index (Phi) is 4.94. The van der Waals surface area contributed by atoms with Crippen molar-refractivity contribution in [2.45, 2.75) is 0 Å². The van der Waals surface area contributed by atoms with Gasteiger partial charge >= 0.3 is 21.1 Å². The molecule has 2 rings (SSSR count). The molecule has 2 aromatic rings. The Labute approximate surface area is 109 Å². The van der Waals surface area contributed by atoms with E-state index in [9.17, 15) is 4.79 Å². The second kappa shape index (κ2) is 6.24. The molecule has 0 unspecified atom stereocenters. The molecule has 0 heterocycles. The molecule has 78 valence electrons. The first kappa shape index (κ1) is 12.7. The van der Waals surface area contributed by atoms with Crippen LogP contribution in [0, 0.1) is 6.07 Å². The zero-order chi connectivity index (χ0) is 10.5. The van der Waals surface area contributed by atoms with E-state index in [1.165, 1.54) is 0 Å². The maximum atomic E-state index is 11.7. The number of anilines is 1. The van der Waals surface area contributed by atoms with E-state index in [1.54, 1.807) is 24.3 Å². The summed E-state index contributed by atoms with van der Waals surface area (Å²) in [6.45, 7) is 0. The van der Waals surface area contributed by atoms with Crippen LogP contribution in [0.25, 0.3) is 0 Å². The van der Waals surface area contributed by atoms with E-state index < -0.39 is 0 Å². The molecule has 0 aromatic heterocycles. The fourth-order valence-corrected chi connectivity index (χ4v) is 1.26. The van der Waals surface area contributed by atoms with Crippen LogP contribution in [-0.2, 0) is 21.1 Å². The first-order chi connectivity index (χ1) is 7.36. The predicted octanol–water partition coefficient (Wildman–Crippen LogP) is 2.74. The van der Waals surface area contributed by atoms with Gasteiger partial charge in [0.1, 0.15) is 0 Å². The summed E-state index contributed by atoms with van der Waals surface area (Å²) >= 11 is 0. The second-order valence-corrected chi connectivity index (χ2v) is 3.10. The average molecular weight is 380 g/mol. The van der Waals surface area contributed by atoms with Crippen molar-refractivity contribution in [2.24, 2.45) is 0 Å². The zero-order valence-electron chi connectivity index (χ0n) is 8.51. The Morgan fingerprint density at radius 3 is 2.31 bits per heavy atom. The zero-order valence-corrected chi connectivity index (χ0v) is 11.4. The van der Waals surface area contributed by atoms with Crippen LogP contribution in [0.1, 0.15) is 10.4 Å². The van der Waals surface area contributed by atoms with Crippen LogP contribution in [0.5, 0.6) is 0 Å². The Balaban J connectivity index is 0.00000128. The van der Waals surface area contributed by atoms with Gasteiger partial charge in [0.05, 0.1) is 0 Å². The Morgan fingerprint density at radius 1 is 1.00 bits per heavy atom. The van der Waals surface area contributed by atoms with E-state index in [4.69, 9.17) is 0 Å². The summed E-state index contributed by atoms with van der Waals surface area (Å²) in [6, 6.07) is 19.3. The number of hydrogen-bond donors (Lipinski definition) is 1. The number of benzene rings is 2. The molecule has 0 fully saturated rings. The van der Waals surface area contributed by atoms with Crippen molar-refractivity contribution in [3.05, 3.63) is 66.2 Å². The van der Waals surface area contributed by atoms with Crippen molar-refractivity contribution in [3.8, 4) is 0 Å². The number of hydrogen-bond acceptors (Lipinski definition) is 1. The number of rotatable bonds is 2. The summed E-state index contributed by atoms with van der Waals surface area (Å²) < 4.78 is 0. The van der Waals surface area contributed by atoms with Gasteiger partial charge in [-0.05, 0) is 12.1 Å². The molecule has 3 heteroatoms. The topological polar surface area (TPSA) is 29.1 Å². The molecule has 16 heavy (non-hydrogen) atoms. The van der Waals surface area contributed by atoms with Crippen LogP contribution >= 0.6 is 0 Å². The number of carbonyl (C=O) groups is 1. The monoisotopic (exact) mass is 380 g/mol. The van der Waals surface area contributed by atoms with Crippen LogP contribution in [0.2, 0.25) is 0 Å². The van der Waals surface area contributed by atoms with Crippen molar-refractivity contribution >= 4 is 11.6 Å². The van der Waals surface area contributed by atoms with Gasteiger partial charge in [-0.3, -0.25) is 4.79 Å². The molecule has 2 nitrogen and oxygen atoms in total. The van der Waals surface area contributed by atoms with Gasteiger partial charge in [0.25, 0.3) is 5.91 Å². The molecule has 1 amide bonds. The SMILES string of the molecule is O=C(Nc1[c-]cccc1)c1ccccc1.[W+2]. The molecular weight excluding hydrogens is 370 g/mol. The summed E-state index contributed by atoms with van der Waals surface area (Å²) in [7, 11) is 0. The summed E-state index contributed by atoms with van der Waals surface area (Å²) in [5, 5.41) is 2.76. The molecule has 0 radical (unpaired) electrons. The van der Waals surface area contributed by atoms with Gasteiger partial charge in [0, 0.05) is 5.56 Å². The Bertz CT molecular complexity index is 442. The molecule has 2 aromatic carbocycles. The molecule has 0 saturated carbocycles. The van der Waals surface area contributed by atoms with Crippen molar-refractivity contribution in [1.82, 2.24) is 0 Å². The molecule has 0 aliphatic heterocycles. The van der Waals surface area contributed by atoms with E-state index >= 15 is 0 Å².